The molecule has 3 amide bonds. The van der Waals surface area contributed by atoms with Gasteiger partial charge in [-0.1, -0.05) is 58.6 Å². The van der Waals surface area contributed by atoms with Gasteiger partial charge in [-0.2, -0.15) is 0 Å². The summed E-state index contributed by atoms with van der Waals surface area (Å²) in [5.74, 6) is 0.0394. The fourth-order valence-corrected chi connectivity index (χ4v) is 5.26. The molecule has 1 heterocycles. The number of nitrogens with one attached hydrogen (secondary N) is 2. The van der Waals surface area contributed by atoms with E-state index in [9.17, 15) is 14.4 Å². The minimum absolute atomic E-state index is 0.0729. The van der Waals surface area contributed by atoms with Crippen molar-refractivity contribution in [1.82, 2.24) is 20.6 Å². The second kappa shape index (κ2) is 19.2. The first kappa shape index (κ1) is 34.1. The molecule has 2 unspecified atom stereocenters. The van der Waals surface area contributed by atoms with Crippen LogP contribution >= 0.6 is 0 Å². The molecule has 0 aromatic carbocycles. The second-order valence-corrected chi connectivity index (χ2v) is 11.8. The molecule has 0 bridgehead atoms. The molecule has 1 aliphatic rings. The lowest BCUT2D eigenvalue weighted by Gasteiger charge is -2.29. The van der Waals surface area contributed by atoms with Crippen LogP contribution in [0.3, 0.4) is 0 Å². The number of unbranched alkanes of at least 4 members (excludes halogenated alkanes) is 3. The van der Waals surface area contributed by atoms with Gasteiger partial charge in [0.05, 0.1) is 7.11 Å². The lowest BCUT2D eigenvalue weighted by Crippen LogP contribution is -2.55. The third-order valence-electron chi connectivity index (χ3n) is 7.31. The number of nitrogens with zero attached hydrogens (tertiary/aromatic N) is 2. The van der Waals surface area contributed by atoms with Gasteiger partial charge >= 0.3 is 0 Å². The Bertz CT molecular complexity index is 725. The van der Waals surface area contributed by atoms with E-state index in [-0.39, 0.29) is 29.6 Å². The SMILES string of the molecule is CCCCCCC1CCC/C=C\CC(CN(C)C)C[C@@H](C(=O)N(C)OC)NC(=O)[C@H](CC(C)C)NC(=O)C1. The smallest absolute Gasteiger partial charge is 0.268 e. The van der Waals surface area contributed by atoms with E-state index in [1.807, 2.05) is 27.9 Å². The van der Waals surface area contributed by atoms with Gasteiger partial charge in [-0.15, -0.1) is 0 Å². The van der Waals surface area contributed by atoms with Gasteiger partial charge in [0.1, 0.15) is 12.1 Å². The Hall–Kier alpha value is -1.93. The van der Waals surface area contributed by atoms with Gasteiger partial charge in [-0.25, -0.2) is 5.06 Å². The maximum atomic E-state index is 13.5. The monoisotopic (exact) mass is 536 g/mol. The quantitative estimate of drug-likeness (QED) is 0.227. The van der Waals surface area contributed by atoms with Crippen LogP contribution in [0.15, 0.2) is 12.2 Å². The van der Waals surface area contributed by atoms with Gasteiger partial charge < -0.3 is 15.5 Å². The van der Waals surface area contributed by atoms with Crippen LogP contribution in [0, 0.1) is 17.8 Å². The number of allylic oxidation sites excluding steroid dienone is 2. The molecule has 38 heavy (non-hydrogen) atoms. The molecule has 2 N–H and O–H groups in total. The topological polar surface area (TPSA) is 91.0 Å². The highest BCUT2D eigenvalue weighted by Gasteiger charge is 2.31. The van der Waals surface area contributed by atoms with Crippen LogP contribution in [-0.2, 0) is 19.2 Å². The molecule has 0 aliphatic carbocycles. The molecule has 0 spiro atoms. The number of likely N-dealkylation sites (N-methyl/N-ethyl adjacent to an activating group) is 1. The summed E-state index contributed by atoms with van der Waals surface area (Å²) in [5.41, 5.74) is 0. The summed E-state index contributed by atoms with van der Waals surface area (Å²) < 4.78 is 0. The van der Waals surface area contributed by atoms with Crippen LogP contribution < -0.4 is 10.6 Å². The predicted octanol–water partition coefficient (Wildman–Crippen LogP) is 4.70. The normalized spacial score (nSPS) is 25.2. The van der Waals surface area contributed by atoms with Gasteiger partial charge in [0.15, 0.2) is 0 Å². The Morgan fingerprint density at radius 1 is 1.08 bits per heavy atom. The van der Waals surface area contributed by atoms with Crippen molar-refractivity contribution in [2.24, 2.45) is 17.8 Å². The van der Waals surface area contributed by atoms with Crippen molar-refractivity contribution in [3.8, 4) is 0 Å². The predicted molar refractivity (Wildman–Crippen MR) is 154 cm³/mol. The zero-order valence-corrected chi connectivity index (χ0v) is 25.3. The van der Waals surface area contributed by atoms with Crippen LogP contribution in [0.2, 0.25) is 0 Å². The number of carbonyl (C=O) groups is 3. The highest BCUT2D eigenvalue weighted by Crippen LogP contribution is 2.22. The van der Waals surface area contributed by atoms with Crippen molar-refractivity contribution < 1.29 is 19.2 Å². The highest BCUT2D eigenvalue weighted by atomic mass is 16.7. The van der Waals surface area contributed by atoms with Crippen molar-refractivity contribution in [2.75, 3.05) is 34.8 Å². The molecule has 1 rings (SSSR count). The summed E-state index contributed by atoms with van der Waals surface area (Å²) in [6.07, 6.45) is 15.6. The third kappa shape index (κ3) is 14.3. The molecule has 0 aromatic rings. The molecule has 1 aliphatic heterocycles. The van der Waals surface area contributed by atoms with Gasteiger partial charge in [-0.3, -0.25) is 19.2 Å². The Balaban J connectivity index is 3.21. The summed E-state index contributed by atoms with van der Waals surface area (Å²) in [4.78, 5) is 47.1. The van der Waals surface area contributed by atoms with E-state index < -0.39 is 12.1 Å². The summed E-state index contributed by atoms with van der Waals surface area (Å²) in [5, 5.41) is 7.19. The number of carbonyl (C=O) groups excluding carboxylic acids is 3. The van der Waals surface area contributed by atoms with Crippen molar-refractivity contribution in [2.45, 2.75) is 110 Å². The van der Waals surface area contributed by atoms with Crippen LogP contribution in [0.25, 0.3) is 0 Å². The standard InChI is InChI=1S/C30H56N4O4/c1-8-9-10-13-16-24-17-14-11-12-15-18-25(22-33(4)5)20-27(30(37)34(6)38-7)32-29(36)26(19-23(2)3)31-28(35)21-24/h12,15,23-27H,8-11,13-14,16-22H2,1-7H3,(H,31,35)(H,32,36)/b15-12-/t24?,25?,26-,27-/m0/s1. The molecule has 4 atom stereocenters. The molecular weight excluding hydrogens is 480 g/mol. The summed E-state index contributed by atoms with van der Waals surface area (Å²) in [6.45, 7) is 7.08. The fourth-order valence-electron chi connectivity index (χ4n) is 5.26. The Labute approximate surface area is 232 Å². The number of amides is 3. The average Bonchev–Trinajstić information content (AvgIpc) is 2.85. The lowest BCUT2D eigenvalue weighted by molar-refractivity contribution is -0.172. The van der Waals surface area contributed by atoms with E-state index in [0.29, 0.717) is 25.2 Å². The first-order chi connectivity index (χ1) is 18.1. The van der Waals surface area contributed by atoms with Crippen LogP contribution in [-0.4, -0.2) is 74.6 Å². The molecule has 220 valence electrons. The van der Waals surface area contributed by atoms with Crippen molar-refractivity contribution in [3.05, 3.63) is 12.2 Å². The molecule has 0 fully saturated rings. The van der Waals surface area contributed by atoms with E-state index in [4.69, 9.17) is 4.84 Å². The molecule has 8 heteroatoms. The first-order valence-electron chi connectivity index (χ1n) is 14.8. The second-order valence-electron chi connectivity index (χ2n) is 11.8. The Morgan fingerprint density at radius 3 is 2.45 bits per heavy atom. The first-order valence-corrected chi connectivity index (χ1v) is 14.8. The molecule has 0 saturated carbocycles. The summed E-state index contributed by atoms with van der Waals surface area (Å²) >= 11 is 0. The van der Waals surface area contributed by atoms with Crippen LogP contribution in [0.4, 0.5) is 0 Å². The van der Waals surface area contributed by atoms with E-state index in [1.54, 1.807) is 7.05 Å². The minimum Gasteiger partial charge on any atom is -0.344 e. The van der Waals surface area contributed by atoms with Crippen molar-refractivity contribution in [1.29, 1.82) is 0 Å². The lowest BCUT2D eigenvalue weighted by atomic mass is 9.91. The number of hydroxylamine groups is 2. The largest absolute Gasteiger partial charge is 0.344 e. The van der Waals surface area contributed by atoms with E-state index in [1.165, 1.54) is 31.4 Å². The van der Waals surface area contributed by atoms with E-state index in [0.717, 1.165) is 45.1 Å². The van der Waals surface area contributed by atoms with Gasteiger partial charge in [-0.05, 0) is 76.8 Å². The maximum Gasteiger partial charge on any atom is 0.268 e. The van der Waals surface area contributed by atoms with Crippen LogP contribution in [0.1, 0.15) is 97.8 Å². The average molecular weight is 537 g/mol. The zero-order chi connectivity index (χ0) is 28.5. The third-order valence-corrected chi connectivity index (χ3v) is 7.31. The molecule has 0 radical (unpaired) electrons. The number of hydrogen-bond acceptors (Lipinski definition) is 5. The van der Waals surface area contributed by atoms with E-state index in [2.05, 4.69) is 34.6 Å². The Morgan fingerprint density at radius 2 is 1.82 bits per heavy atom. The number of rotatable bonds is 11. The fraction of sp³-hybridized carbons (Fsp3) is 0.833. The van der Waals surface area contributed by atoms with Crippen molar-refractivity contribution in [3.63, 3.8) is 0 Å². The highest BCUT2D eigenvalue weighted by molar-refractivity contribution is 5.91. The van der Waals surface area contributed by atoms with Crippen LogP contribution in [0.5, 0.6) is 0 Å². The number of hydrogen-bond donors (Lipinski definition) is 2. The van der Waals surface area contributed by atoms with Gasteiger partial charge in [0, 0.05) is 20.0 Å². The molecule has 0 aromatic heterocycles. The van der Waals surface area contributed by atoms with Gasteiger partial charge in [0.2, 0.25) is 11.8 Å². The summed E-state index contributed by atoms with van der Waals surface area (Å²) in [6, 6.07) is -1.41. The summed E-state index contributed by atoms with van der Waals surface area (Å²) in [7, 11) is 7.04. The molecular formula is C30H56N4O4. The molecule has 8 nitrogen and oxygen atoms in total. The zero-order valence-electron chi connectivity index (χ0n) is 25.3. The van der Waals surface area contributed by atoms with Gasteiger partial charge in [0.25, 0.3) is 5.91 Å². The molecule has 0 saturated heterocycles. The minimum atomic E-state index is -0.739. The van der Waals surface area contributed by atoms with E-state index >= 15 is 0 Å². The Kier molecular flexibility index (Phi) is 17.2. The maximum absolute atomic E-state index is 13.5. The van der Waals surface area contributed by atoms with Crippen molar-refractivity contribution >= 4 is 17.7 Å².